The fourth-order valence-electron chi connectivity index (χ4n) is 4.34. The Balaban J connectivity index is 4.10. The third-order valence-electron chi connectivity index (χ3n) is 7.01. The maximum absolute atomic E-state index is 12.9. The minimum Gasteiger partial charge on any atom is -0.389 e. The van der Waals surface area contributed by atoms with Gasteiger partial charge < -0.3 is 34.1 Å². The monoisotopic (exact) mass is 603 g/mol. The van der Waals surface area contributed by atoms with Crippen molar-refractivity contribution in [3.05, 3.63) is 0 Å². The van der Waals surface area contributed by atoms with Crippen molar-refractivity contribution in [2.75, 3.05) is 79.2 Å². The number of carbonyl (C=O) groups excluding carboxylic acids is 3. The van der Waals surface area contributed by atoms with E-state index in [1.54, 1.807) is 4.90 Å². The van der Waals surface area contributed by atoms with Gasteiger partial charge in [0.15, 0.2) is 11.6 Å². The Bertz CT molecular complexity index is 601. The first-order valence-corrected chi connectivity index (χ1v) is 16.4. The molecule has 10 nitrogen and oxygen atoms in total. The summed E-state index contributed by atoms with van der Waals surface area (Å²) in [6.45, 7) is 4.93. The highest BCUT2D eigenvalue weighted by atomic mass is 16.5. The lowest BCUT2D eigenvalue weighted by Crippen LogP contribution is -2.37. The summed E-state index contributed by atoms with van der Waals surface area (Å²) < 4.78 is 21.9. The van der Waals surface area contributed by atoms with Gasteiger partial charge in [-0.25, -0.2) is 0 Å². The van der Waals surface area contributed by atoms with Crippen LogP contribution < -0.4 is 0 Å². The van der Waals surface area contributed by atoms with Crippen molar-refractivity contribution in [1.29, 1.82) is 0 Å². The van der Waals surface area contributed by atoms with Gasteiger partial charge in [-0.3, -0.25) is 14.4 Å². The van der Waals surface area contributed by atoms with Gasteiger partial charge in [-0.15, -0.1) is 0 Å². The summed E-state index contributed by atoms with van der Waals surface area (Å²) in [5.74, 6) is -0.402. The molecular formula is C32H61NO9. The lowest BCUT2D eigenvalue weighted by Gasteiger charge is -2.23. The number of Topliss-reactive ketones (excluding diaryl/α,β-unsaturated/α-hetero) is 2. The third kappa shape index (κ3) is 28.7. The molecular weight excluding hydrogens is 542 g/mol. The second kappa shape index (κ2) is 32.5. The Hall–Kier alpha value is -1.43. The molecule has 0 bridgehead atoms. The van der Waals surface area contributed by atoms with Gasteiger partial charge in [0.2, 0.25) is 5.91 Å². The zero-order valence-electron chi connectivity index (χ0n) is 26.5. The molecule has 0 spiro atoms. The maximum Gasteiger partial charge on any atom is 0.222 e. The summed E-state index contributed by atoms with van der Waals surface area (Å²) in [5.41, 5.74) is 0. The fourth-order valence-corrected chi connectivity index (χ4v) is 4.34. The maximum atomic E-state index is 12.9. The van der Waals surface area contributed by atoms with Gasteiger partial charge in [0, 0.05) is 32.4 Å². The van der Waals surface area contributed by atoms with Crippen molar-refractivity contribution in [3.8, 4) is 0 Å². The van der Waals surface area contributed by atoms with Crippen LogP contribution in [-0.2, 0) is 33.3 Å². The number of unbranched alkanes of at least 4 members (excludes halogenated alkanes) is 12. The molecule has 10 heteroatoms. The highest BCUT2D eigenvalue weighted by Gasteiger charge is 2.13. The Labute approximate surface area is 254 Å². The largest absolute Gasteiger partial charge is 0.389 e. The van der Waals surface area contributed by atoms with Crippen LogP contribution in [0.1, 0.15) is 110 Å². The summed E-state index contributed by atoms with van der Waals surface area (Å²) in [4.78, 5) is 36.8. The number of nitrogens with zero attached hydrogens (tertiary/aromatic N) is 1. The zero-order chi connectivity index (χ0) is 30.9. The van der Waals surface area contributed by atoms with Crippen LogP contribution in [0, 0.1) is 0 Å². The van der Waals surface area contributed by atoms with Crippen LogP contribution in [0.2, 0.25) is 0 Å². The minimum atomic E-state index is -0.467. The van der Waals surface area contributed by atoms with Crippen molar-refractivity contribution in [3.63, 3.8) is 0 Å². The van der Waals surface area contributed by atoms with E-state index in [1.165, 1.54) is 70.6 Å². The smallest absolute Gasteiger partial charge is 0.222 e. The molecule has 0 aliphatic rings. The Morgan fingerprint density at radius 3 is 1.21 bits per heavy atom. The number of rotatable bonds is 34. The van der Waals surface area contributed by atoms with E-state index in [0.29, 0.717) is 59.2 Å². The zero-order valence-corrected chi connectivity index (χ0v) is 26.5. The molecule has 0 atom stereocenters. The highest BCUT2D eigenvalue weighted by Crippen LogP contribution is 2.13. The predicted octanol–water partition coefficient (Wildman–Crippen LogP) is 4.27. The molecule has 0 rings (SSSR count). The van der Waals surface area contributed by atoms with Gasteiger partial charge in [0.05, 0.1) is 52.9 Å². The summed E-state index contributed by atoms with van der Waals surface area (Å²) in [7, 11) is 0. The predicted molar refractivity (Wildman–Crippen MR) is 164 cm³/mol. The Morgan fingerprint density at radius 2 is 0.833 bits per heavy atom. The van der Waals surface area contributed by atoms with E-state index in [9.17, 15) is 14.4 Å². The quantitative estimate of drug-likeness (QED) is 0.104. The minimum absolute atomic E-state index is 0.0998. The van der Waals surface area contributed by atoms with E-state index in [-0.39, 0.29) is 43.5 Å². The van der Waals surface area contributed by atoms with Crippen LogP contribution in [0.4, 0.5) is 0 Å². The number of hydrogen-bond acceptors (Lipinski definition) is 9. The molecule has 0 aliphatic carbocycles. The number of ketones is 2. The van der Waals surface area contributed by atoms with E-state index >= 15 is 0 Å². The molecule has 2 N–H and O–H groups in total. The van der Waals surface area contributed by atoms with Gasteiger partial charge >= 0.3 is 0 Å². The van der Waals surface area contributed by atoms with Gasteiger partial charge in [-0.05, 0) is 6.42 Å². The summed E-state index contributed by atoms with van der Waals surface area (Å²) >= 11 is 0. The van der Waals surface area contributed by atoms with Gasteiger partial charge in [0.1, 0.15) is 13.2 Å². The summed E-state index contributed by atoms with van der Waals surface area (Å²) in [5, 5.41) is 17.4. The first-order chi connectivity index (χ1) is 20.5. The van der Waals surface area contributed by atoms with Gasteiger partial charge in [-0.1, -0.05) is 84.0 Å². The first kappa shape index (κ1) is 40.6. The second-order valence-corrected chi connectivity index (χ2v) is 10.7. The third-order valence-corrected chi connectivity index (χ3v) is 7.01. The molecule has 0 fully saturated rings. The van der Waals surface area contributed by atoms with Crippen LogP contribution in [0.15, 0.2) is 0 Å². The first-order valence-electron chi connectivity index (χ1n) is 16.4. The Kier molecular flexibility index (Phi) is 31.4. The molecule has 0 radical (unpaired) electrons. The van der Waals surface area contributed by atoms with Gasteiger partial charge in [0.25, 0.3) is 0 Å². The molecule has 42 heavy (non-hydrogen) atoms. The van der Waals surface area contributed by atoms with Crippen LogP contribution >= 0.6 is 0 Å². The normalized spacial score (nSPS) is 11.2. The molecule has 0 aliphatic heterocycles. The molecule has 0 heterocycles. The van der Waals surface area contributed by atoms with E-state index in [0.717, 1.165) is 12.8 Å². The van der Waals surface area contributed by atoms with Crippen molar-refractivity contribution in [2.24, 2.45) is 0 Å². The van der Waals surface area contributed by atoms with E-state index in [1.807, 2.05) is 0 Å². The van der Waals surface area contributed by atoms with Crippen molar-refractivity contribution < 1.29 is 43.5 Å². The summed E-state index contributed by atoms with van der Waals surface area (Å²) in [6, 6.07) is 0. The van der Waals surface area contributed by atoms with Crippen molar-refractivity contribution >= 4 is 17.5 Å². The number of hydrogen-bond donors (Lipinski definition) is 2. The van der Waals surface area contributed by atoms with Crippen LogP contribution in [-0.4, -0.2) is 112 Å². The molecule has 248 valence electrons. The SMILES string of the molecule is CCCCCCCCCCCCCCCC(=O)N(CCOCCOCCC(=O)CO)CCOCCOCCC(=O)CO. The molecule has 1 amide bonds. The average Bonchev–Trinajstić information content (AvgIpc) is 3.00. The van der Waals surface area contributed by atoms with Crippen molar-refractivity contribution in [1.82, 2.24) is 4.90 Å². The topological polar surface area (TPSA) is 132 Å². The van der Waals surface area contributed by atoms with E-state index in [4.69, 9.17) is 29.2 Å². The second-order valence-electron chi connectivity index (χ2n) is 10.7. The average molecular weight is 604 g/mol. The Morgan fingerprint density at radius 1 is 0.476 bits per heavy atom. The number of amides is 1. The van der Waals surface area contributed by atoms with Gasteiger partial charge in [-0.2, -0.15) is 0 Å². The standard InChI is InChI=1S/C32H61NO9/c1-2-3-4-5-6-7-8-9-10-11-12-13-14-15-32(38)33(18-22-41-26-24-39-20-16-30(36)28-34)19-23-42-27-25-40-21-17-31(37)29-35/h34-35H,2-29H2,1H3. The van der Waals surface area contributed by atoms with Crippen LogP contribution in [0.3, 0.4) is 0 Å². The summed E-state index contributed by atoms with van der Waals surface area (Å²) in [6.07, 6.45) is 17.3. The molecule has 0 aromatic carbocycles. The lowest BCUT2D eigenvalue weighted by atomic mass is 10.0. The molecule has 0 unspecified atom stereocenters. The fraction of sp³-hybridized carbons (Fsp3) is 0.906. The van der Waals surface area contributed by atoms with Crippen LogP contribution in [0.25, 0.3) is 0 Å². The van der Waals surface area contributed by atoms with E-state index < -0.39 is 13.2 Å². The molecule has 0 aromatic heterocycles. The molecule has 0 saturated heterocycles. The number of aliphatic hydroxyl groups is 2. The van der Waals surface area contributed by atoms with E-state index in [2.05, 4.69) is 6.92 Å². The van der Waals surface area contributed by atoms with Crippen molar-refractivity contribution in [2.45, 2.75) is 110 Å². The lowest BCUT2D eigenvalue weighted by molar-refractivity contribution is -0.133. The number of carbonyl (C=O) groups is 3. The molecule has 0 aromatic rings. The number of ether oxygens (including phenoxy) is 4. The molecule has 0 saturated carbocycles. The highest BCUT2D eigenvalue weighted by molar-refractivity contribution is 5.79. The number of aliphatic hydroxyl groups excluding tert-OH is 2. The van der Waals surface area contributed by atoms with Crippen LogP contribution in [0.5, 0.6) is 0 Å².